The average molecular weight is 281 g/mol. The first kappa shape index (κ1) is 16.5. The molecule has 0 aliphatic heterocycles. The molecule has 2 atom stereocenters. The number of hydrogen-bond acceptors (Lipinski definition) is 5. The summed E-state index contributed by atoms with van der Waals surface area (Å²) in [5.74, 6) is 0.445. The number of nitrogens with one attached hydrogen (secondary N) is 1. The molecule has 5 heteroatoms. The standard InChI is InChI=1S/C15H23NO4/c1-10-6-5-7-11(2)14(10)20-9-13(17)8-16-12(3)15(18)19-4/h5-7,12-13,16-17H,8-9H2,1-4H3. The van der Waals surface area contributed by atoms with E-state index < -0.39 is 12.1 Å². The molecule has 2 N–H and O–H groups in total. The second-order valence-electron chi connectivity index (χ2n) is 4.84. The Morgan fingerprint density at radius 2 is 1.95 bits per heavy atom. The Morgan fingerprint density at radius 1 is 1.35 bits per heavy atom. The molecule has 0 spiro atoms. The molecule has 0 saturated heterocycles. The monoisotopic (exact) mass is 281 g/mol. The molecule has 2 unspecified atom stereocenters. The number of rotatable bonds is 7. The van der Waals surface area contributed by atoms with Crippen LogP contribution in [0.3, 0.4) is 0 Å². The largest absolute Gasteiger partial charge is 0.490 e. The van der Waals surface area contributed by atoms with E-state index in [2.05, 4.69) is 10.1 Å². The van der Waals surface area contributed by atoms with E-state index in [1.54, 1.807) is 6.92 Å². The van der Waals surface area contributed by atoms with E-state index in [1.807, 2.05) is 32.0 Å². The van der Waals surface area contributed by atoms with Gasteiger partial charge in [0.15, 0.2) is 0 Å². The minimum absolute atomic E-state index is 0.173. The van der Waals surface area contributed by atoms with Crippen LogP contribution in [0.15, 0.2) is 18.2 Å². The van der Waals surface area contributed by atoms with Crippen molar-refractivity contribution in [2.45, 2.75) is 32.9 Å². The van der Waals surface area contributed by atoms with E-state index >= 15 is 0 Å². The Balaban J connectivity index is 2.40. The van der Waals surface area contributed by atoms with Crippen molar-refractivity contribution in [2.75, 3.05) is 20.3 Å². The van der Waals surface area contributed by atoms with E-state index in [1.165, 1.54) is 7.11 Å². The van der Waals surface area contributed by atoms with Crippen LogP contribution in [0.5, 0.6) is 5.75 Å². The number of hydrogen-bond donors (Lipinski definition) is 2. The number of aliphatic hydroxyl groups excluding tert-OH is 1. The highest BCUT2D eigenvalue weighted by molar-refractivity contribution is 5.75. The van der Waals surface area contributed by atoms with Gasteiger partial charge in [0.05, 0.1) is 7.11 Å². The SMILES string of the molecule is COC(=O)C(C)NCC(O)COc1c(C)cccc1C. The average Bonchev–Trinajstić information content (AvgIpc) is 2.43. The maximum atomic E-state index is 11.2. The van der Waals surface area contributed by atoms with E-state index in [9.17, 15) is 9.90 Å². The van der Waals surface area contributed by atoms with Crippen molar-refractivity contribution in [1.29, 1.82) is 0 Å². The zero-order chi connectivity index (χ0) is 15.1. The number of para-hydroxylation sites is 1. The van der Waals surface area contributed by atoms with Crippen LogP contribution in [0.4, 0.5) is 0 Å². The molecule has 0 fully saturated rings. The van der Waals surface area contributed by atoms with Crippen molar-refractivity contribution < 1.29 is 19.4 Å². The van der Waals surface area contributed by atoms with Crippen LogP contribution in [-0.2, 0) is 9.53 Å². The van der Waals surface area contributed by atoms with Gasteiger partial charge >= 0.3 is 5.97 Å². The molecule has 0 heterocycles. The van der Waals surface area contributed by atoms with Gasteiger partial charge in [0.1, 0.15) is 24.5 Å². The lowest BCUT2D eigenvalue weighted by molar-refractivity contribution is -0.142. The summed E-state index contributed by atoms with van der Waals surface area (Å²) in [6.45, 7) is 6.05. The smallest absolute Gasteiger partial charge is 0.322 e. The fourth-order valence-corrected chi connectivity index (χ4v) is 1.84. The van der Waals surface area contributed by atoms with Gasteiger partial charge in [-0.3, -0.25) is 4.79 Å². The van der Waals surface area contributed by atoms with Gasteiger partial charge in [0.25, 0.3) is 0 Å². The highest BCUT2D eigenvalue weighted by atomic mass is 16.5. The molecule has 0 aromatic heterocycles. The van der Waals surface area contributed by atoms with E-state index in [0.717, 1.165) is 16.9 Å². The maximum Gasteiger partial charge on any atom is 0.322 e. The Morgan fingerprint density at radius 3 is 2.50 bits per heavy atom. The Bertz CT molecular complexity index is 427. The number of methoxy groups -OCH3 is 1. The molecule has 1 aromatic rings. The van der Waals surface area contributed by atoms with E-state index in [-0.39, 0.29) is 19.1 Å². The quantitative estimate of drug-likeness (QED) is 0.735. The lowest BCUT2D eigenvalue weighted by Crippen LogP contribution is -2.41. The van der Waals surface area contributed by atoms with Crippen molar-refractivity contribution in [1.82, 2.24) is 5.32 Å². The molecule has 0 amide bonds. The topological polar surface area (TPSA) is 67.8 Å². The summed E-state index contributed by atoms with van der Waals surface area (Å²) < 4.78 is 10.2. The van der Waals surface area contributed by atoms with Crippen LogP contribution < -0.4 is 10.1 Å². The second-order valence-corrected chi connectivity index (χ2v) is 4.84. The predicted molar refractivity (Wildman–Crippen MR) is 76.9 cm³/mol. The normalized spacial score (nSPS) is 13.7. The number of aryl methyl sites for hydroxylation is 2. The van der Waals surface area contributed by atoms with Gasteiger partial charge < -0.3 is 19.9 Å². The molecular formula is C15H23NO4. The molecular weight excluding hydrogens is 258 g/mol. The van der Waals surface area contributed by atoms with Crippen molar-refractivity contribution in [3.8, 4) is 5.75 Å². The van der Waals surface area contributed by atoms with Crippen molar-refractivity contribution >= 4 is 5.97 Å². The fraction of sp³-hybridized carbons (Fsp3) is 0.533. The minimum atomic E-state index is -0.693. The number of esters is 1. The summed E-state index contributed by atoms with van der Waals surface area (Å²) in [5, 5.41) is 12.8. The fourth-order valence-electron chi connectivity index (χ4n) is 1.84. The van der Waals surface area contributed by atoms with Crippen LogP contribution in [-0.4, -0.2) is 43.5 Å². The molecule has 0 radical (unpaired) electrons. The first-order valence-electron chi connectivity index (χ1n) is 6.64. The molecule has 0 saturated carbocycles. The van der Waals surface area contributed by atoms with Gasteiger partial charge in [-0.15, -0.1) is 0 Å². The van der Waals surface area contributed by atoms with Crippen LogP contribution in [0.25, 0.3) is 0 Å². The third kappa shape index (κ3) is 4.83. The summed E-state index contributed by atoms with van der Waals surface area (Å²) in [7, 11) is 1.33. The van der Waals surface area contributed by atoms with Crippen LogP contribution in [0.1, 0.15) is 18.1 Å². The number of carbonyl (C=O) groups excluding carboxylic acids is 1. The maximum absolute atomic E-state index is 11.2. The lowest BCUT2D eigenvalue weighted by Gasteiger charge is -2.17. The van der Waals surface area contributed by atoms with Crippen LogP contribution >= 0.6 is 0 Å². The summed E-state index contributed by atoms with van der Waals surface area (Å²) in [6.07, 6.45) is -0.693. The summed E-state index contributed by atoms with van der Waals surface area (Å²) >= 11 is 0. The lowest BCUT2D eigenvalue weighted by atomic mass is 10.1. The van der Waals surface area contributed by atoms with Gasteiger partial charge in [0, 0.05) is 6.54 Å². The highest BCUT2D eigenvalue weighted by Crippen LogP contribution is 2.22. The first-order chi connectivity index (χ1) is 9.45. The zero-order valence-electron chi connectivity index (χ0n) is 12.5. The Hall–Kier alpha value is -1.59. The molecule has 0 bridgehead atoms. The second kappa shape index (κ2) is 7.87. The van der Waals surface area contributed by atoms with Crippen LogP contribution in [0.2, 0.25) is 0 Å². The third-order valence-corrected chi connectivity index (χ3v) is 3.04. The Labute approximate surface area is 119 Å². The Kier molecular flexibility index (Phi) is 6.48. The molecule has 20 heavy (non-hydrogen) atoms. The van der Waals surface area contributed by atoms with E-state index in [4.69, 9.17) is 4.74 Å². The number of aliphatic hydroxyl groups is 1. The van der Waals surface area contributed by atoms with Gasteiger partial charge in [0.2, 0.25) is 0 Å². The molecule has 0 aliphatic rings. The molecule has 112 valence electrons. The molecule has 5 nitrogen and oxygen atoms in total. The van der Waals surface area contributed by atoms with Crippen molar-refractivity contribution in [2.24, 2.45) is 0 Å². The summed E-state index contributed by atoms with van der Waals surface area (Å²) in [4.78, 5) is 11.2. The van der Waals surface area contributed by atoms with Gasteiger partial charge in [-0.1, -0.05) is 18.2 Å². The van der Waals surface area contributed by atoms with Crippen LogP contribution in [0, 0.1) is 13.8 Å². The highest BCUT2D eigenvalue weighted by Gasteiger charge is 2.15. The summed E-state index contributed by atoms with van der Waals surface area (Å²) in [6, 6.07) is 5.45. The molecule has 0 aliphatic carbocycles. The van der Waals surface area contributed by atoms with E-state index in [0.29, 0.717) is 0 Å². The zero-order valence-corrected chi connectivity index (χ0v) is 12.5. The summed E-state index contributed by atoms with van der Waals surface area (Å²) in [5.41, 5.74) is 2.07. The number of carbonyl (C=O) groups is 1. The van der Waals surface area contributed by atoms with Crippen molar-refractivity contribution in [3.05, 3.63) is 29.3 Å². The number of benzene rings is 1. The number of ether oxygens (including phenoxy) is 2. The predicted octanol–water partition coefficient (Wildman–Crippen LogP) is 1.19. The molecule has 1 rings (SSSR count). The van der Waals surface area contributed by atoms with Gasteiger partial charge in [-0.2, -0.15) is 0 Å². The van der Waals surface area contributed by atoms with Gasteiger partial charge in [-0.05, 0) is 31.9 Å². The first-order valence-corrected chi connectivity index (χ1v) is 6.64. The third-order valence-electron chi connectivity index (χ3n) is 3.04. The molecule has 1 aromatic carbocycles. The van der Waals surface area contributed by atoms with Gasteiger partial charge in [-0.25, -0.2) is 0 Å². The van der Waals surface area contributed by atoms with Crippen molar-refractivity contribution in [3.63, 3.8) is 0 Å². The minimum Gasteiger partial charge on any atom is -0.490 e.